The lowest BCUT2D eigenvalue weighted by molar-refractivity contribution is 0.156. The Kier molecular flexibility index (Phi) is 7.76. The molecule has 3 rings (SSSR count). The van der Waals surface area contributed by atoms with Crippen LogP contribution < -0.4 is 10.2 Å². The quantitative estimate of drug-likeness (QED) is 0.878. The average Bonchev–Trinajstić information content (AvgIpc) is 3.26. The second kappa shape index (κ2) is 8.60. The summed E-state index contributed by atoms with van der Waals surface area (Å²) in [5.41, 5.74) is 2.50. The van der Waals surface area contributed by atoms with Crippen molar-refractivity contribution in [2.24, 2.45) is 5.92 Å². The van der Waals surface area contributed by atoms with Gasteiger partial charge in [0.2, 0.25) is 0 Å². The van der Waals surface area contributed by atoms with E-state index in [-0.39, 0.29) is 24.8 Å². The summed E-state index contributed by atoms with van der Waals surface area (Å²) in [5.74, 6) is 0.802. The molecule has 0 aromatic heterocycles. The van der Waals surface area contributed by atoms with Gasteiger partial charge < -0.3 is 10.2 Å². The summed E-state index contributed by atoms with van der Waals surface area (Å²) in [5, 5.41) is 4.36. The normalized spacial score (nSPS) is 19.8. The zero-order valence-electron chi connectivity index (χ0n) is 13.2. The predicted molar refractivity (Wildman–Crippen MR) is 100 cm³/mol. The number of hydrogen-bond acceptors (Lipinski definition) is 3. The van der Waals surface area contributed by atoms with Crippen LogP contribution in [0.25, 0.3) is 0 Å². The first-order chi connectivity index (χ1) is 9.66. The number of nitrogens with zero attached hydrogens (tertiary/aromatic N) is 2. The van der Waals surface area contributed by atoms with Gasteiger partial charge >= 0.3 is 0 Å². The van der Waals surface area contributed by atoms with Gasteiger partial charge in [0, 0.05) is 57.0 Å². The molecule has 3 nitrogen and oxygen atoms in total. The molecule has 0 spiro atoms. The number of nitrogens with one attached hydrogen (secondary N) is 1. The third-order valence-electron chi connectivity index (χ3n) is 4.43. The first-order valence-electron chi connectivity index (χ1n) is 7.58. The van der Waals surface area contributed by atoms with Crippen LogP contribution in [0.5, 0.6) is 0 Å². The molecule has 1 N–H and O–H groups in total. The highest BCUT2D eigenvalue weighted by Gasteiger charge is 2.37. The Morgan fingerprint density at radius 1 is 1.18 bits per heavy atom. The van der Waals surface area contributed by atoms with Crippen LogP contribution in [0.2, 0.25) is 5.02 Å². The lowest BCUT2D eigenvalue weighted by Gasteiger charge is -2.36. The van der Waals surface area contributed by atoms with Crippen LogP contribution in [0, 0.1) is 5.92 Å². The third-order valence-corrected chi connectivity index (χ3v) is 4.76. The van der Waals surface area contributed by atoms with Gasteiger partial charge in [0.25, 0.3) is 0 Å². The van der Waals surface area contributed by atoms with Crippen molar-refractivity contribution in [3.63, 3.8) is 0 Å². The molecule has 2 aliphatic rings. The molecule has 0 bridgehead atoms. The molecule has 0 radical (unpaired) electrons. The van der Waals surface area contributed by atoms with E-state index in [1.54, 1.807) is 0 Å². The lowest BCUT2D eigenvalue weighted by atomic mass is 9.99. The molecule has 0 unspecified atom stereocenters. The molecule has 1 aromatic rings. The first kappa shape index (κ1) is 19.9. The summed E-state index contributed by atoms with van der Waals surface area (Å²) >= 11 is 6.59. The maximum Gasteiger partial charge on any atom is 0.0474 e. The van der Waals surface area contributed by atoms with Gasteiger partial charge in [0.15, 0.2) is 0 Å². The zero-order valence-corrected chi connectivity index (χ0v) is 15.6. The molecule has 1 saturated heterocycles. The molecule has 22 heavy (non-hydrogen) atoms. The molecule has 1 aromatic carbocycles. The van der Waals surface area contributed by atoms with Crippen molar-refractivity contribution in [1.82, 2.24) is 10.2 Å². The maximum atomic E-state index is 6.59. The molecule has 1 aliphatic carbocycles. The second-order valence-corrected chi connectivity index (χ2v) is 6.58. The summed E-state index contributed by atoms with van der Waals surface area (Å²) in [6, 6.07) is 7.05. The van der Waals surface area contributed by atoms with E-state index < -0.39 is 0 Å². The molecule has 0 amide bonds. The van der Waals surface area contributed by atoms with Crippen LogP contribution in [0.4, 0.5) is 5.69 Å². The minimum atomic E-state index is 0. The fourth-order valence-electron chi connectivity index (χ4n) is 3.16. The summed E-state index contributed by atoms with van der Waals surface area (Å²) in [6.45, 7) is 4.45. The van der Waals surface area contributed by atoms with Gasteiger partial charge in [0.1, 0.15) is 0 Å². The van der Waals surface area contributed by atoms with Crippen molar-refractivity contribution in [3.8, 4) is 0 Å². The van der Waals surface area contributed by atoms with E-state index in [0.717, 1.165) is 37.1 Å². The summed E-state index contributed by atoms with van der Waals surface area (Å²) < 4.78 is 0. The highest BCUT2D eigenvalue weighted by Crippen LogP contribution is 2.46. The van der Waals surface area contributed by atoms with Crippen molar-refractivity contribution >= 4 is 42.1 Å². The van der Waals surface area contributed by atoms with Crippen LogP contribution in [-0.4, -0.2) is 45.2 Å². The van der Waals surface area contributed by atoms with Crippen LogP contribution >= 0.6 is 36.4 Å². The Morgan fingerprint density at radius 2 is 1.82 bits per heavy atom. The topological polar surface area (TPSA) is 18.5 Å². The highest BCUT2D eigenvalue weighted by atomic mass is 35.5. The second-order valence-electron chi connectivity index (χ2n) is 6.17. The van der Waals surface area contributed by atoms with Crippen molar-refractivity contribution in [1.29, 1.82) is 0 Å². The number of anilines is 1. The molecule has 2 fully saturated rings. The van der Waals surface area contributed by atoms with Crippen molar-refractivity contribution < 1.29 is 0 Å². The van der Waals surface area contributed by atoms with Gasteiger partial charge in [-0.1, -0.05) is 17.7 Å². The van der Waals surface area contributed by atoms with E-state index in [9.17, 15) is 0 Å². The number of benzene rings is 1. The number of piperazine rings is 1. The van der Waals surface area contributed by atoms with E-state index in [0.29, 0.717) is 6.04 Å². The van der Waals surface area contributed by atoms with Crippen molar-refractivity contribution in [2.75, 3.05) is 45.2 Å². The minimum Gasteiger partial charge on any atom is -0.378 e. The summed E-state index contributed by atoms with van der Waals surface area (Å²) in [4.78, 5) is 4.72. The maximum absolute atomic E-state index is 6.59. The van der Waals surface area contributed by atoms with E-state index in [2.05, 4.69) is 47.4 Å². The van der Waals surface area contributed by atoms with Crippen LogP contribution in [0.1, 0.15) is 24.4 Å². The number of hydrogen-bond donors (Lipinski definition) is 1. The van der Waals surface area contributed by atoms with Gasteiger partial charge in [0.05, 0.1) is 0 Å². The smallest absolute Gasteiger partial charge is 0.0474 e. The molecule has 1 saturated carbocycles. The van der Waals surface area contributed by atoms with E-state index in [4.69, 9.17) is 11.6 Å². The third kappa shape index (κ3) is 4.42. The SMILES string of the molecule is CN(C)c1ccc([C@H](C2CC2)N2CCNCC2)c(Cl)c1.Cl.Cl. The van der Waals surface area contributed by atoms with Crippen molar-refractivity contribution in [3.05, 3.63) is 28.8 Å². The highest BCUT2D eigenvalue weighted by molar-refractivity contribution is 6.31. The van der Waals surface area contributed by atoms with Gasteiger partial charge in [-0.2, -0.15) is 0 Å². The molecule has 1 aliphatic heterocycles. The number of rotatable bonds is 4. The minimum absolute atomic E-state index is 0. The lowest BCUT2D eigenvalue weighted by Crippen LogP contribution is -2.45. The van der Waals surface area contributed by atoms with Crippen molar-refractivity contribution in [2.45, 2.75) is 18.9 Å². The Balaban J connectivity index is 0.00000121. The Labute approximate surface area is 151 Å². The number of halogens is 3. The predicted octanol–water partition coefficient (Wildman–Crippen LogP) is 3.61. The Morgan fingerprint density at radius 3 is 2.32 bits per heavy atom. The molecule has 1 heterocycles. The van der Waals surface area contributed by atoms with Crippen LogP contribution in [-0.2, 0) is 0 Å². The van der Waals surface area contributed by atoms with Crippen LogP contribution in [0.15, 0.2) is 18.2 Å². The Hall–Kier alpha value is -0.190. The monoisotopic (exact) mass is 365 g/mol. The fourth-order valence-corrected chi connectivity index (χ4v) is 3.44. The van der Waals surface area contributed by atoms with E-state index in [1.165, 1.54) is 24.1 Å². The molecule has 6 heteroatoms. The zero-order chi connectivity index (χ0) is 14.1. The standard InChI is InChI=1S/C16H24ClN3.2ClH/c1-19(2)13-5-6-14(15(17)11-13)16(12-3-4-12)20-9-7-18-8-10-20;;/h5-6,11-12,16,18H,3-4,7-10H2,1-2H3;2*1H/t16-;;/m0../s1. The van der Waals surface area contributed by atoms with Gasteiger partial charge in [-0.3, -0.25) is 4.90 Å². The molecular weight excluding hydrogens is 341 g/mol. The molecule has 1 atom stereocenters. The first-order valence-corrected chi connectivity index (χ1v) is 7.96. The largest absolute Gasteiger partial charge is 0.378 e. The van der Waals surface area contributed by atoms with Crippen LogP contribution in [0.3, 0.4) is 0 Å². The van der Waals surface area contributed by atoms with Gasteiger partial charge in [-0.25, -0.2) is 0 Å². The van der Waals surface area contributed by atoms with Gasteiger partial charge in [-0.05, 0) is 36.5 Å². The average molecular weight is 367 g/mol. The summed E-state index contributed by atoms with van der Waals surface area (Å²) in [6.07, 6.45) is 2.70. The Bertz CT molecular complexity index is 472. The molecular formula is C16H26Cl3N3. The van der Waals surface area contributed by atoms with E-state index in [1.807, 2.05) is 0 Å². The van der Waals surface area contributed by atoms with Gasteiger partial charge in [-0.15, -0.1) is 24.8 Å². The molecule has 126 valence electrons. The summed E-state index contributed by atoms with van der Waals surface area (Å²) in [7, 11) is 4.11. The fraction of sp³-hybridized carbons (Fsp3) is 0.625. The van der Waals surface area contributed by atoms with E-state index >= 15 is 0 Å².